The molecule has 0 radical (unpaired) electrons. The zero-order valence-corrected chi connectivity index (χ0v) is 13.8. The lowest BCUT2D eigenvalue weighted by Crippen LogP contribution is -1.90. The summed E-state index contributed by atoms with van der Waals surface area (Å²) >= 11 is 7.74. The second kappa shape index (κ2) is 6.38. The van der Waals surface area contributed by atoms with Crippen molar-refractivity contribution in [2.75, 3.05) is 0 Å². The van der Waals surface area contributed by atoms with E-state index in [0.717, 1.165) is 23.0 Å². The van der Waals surface area contributed by atoms with Gasteiger partial charge in [0.15, 0.2) is 0 Å². The van der Waals surface area contributed by atoms with Gasteiger partial charge in [-0.3, -0.25) is 0 Å². The minimum atomic E-state index is 1.07. The van der Waals surface area contributed by atoms with E-state index in [1.165, 1.54) is 26.7 Å². The van der Waals surface area contributed by atoms with Crippen LogP contribution in [-0.2, 0) is 23.0 Å². The number of rotatable bonds is 0. The third kappa shape index (κ3) is 3.39. The van der Waals surface area contributed by atoms with Gasteiger partial charge in [0.25, 0.3) is 0 Å². The van der Waals surface area contributed by atoms with Crippen molar-refractivity contribution in [2.24, 2.45) is 0 Å². The minimum Gasteiger partial charge on any atom is -0.152 e. The molecule has 0 atom stereocenters. The third-order valence-electron chi connectivity index (χ3n) is 3.23. The van der Waals surface area contributed by atoms with Gasteiger partial charge in [-0.1, -0.05) is 58.4 Å². The topological polar surface area (TPSA) is 0 Å². The van der Waals surface area contributed by atoms with Crippen LogP contribution < -0.4 is 0 Å². The Bertz CT molecular complexity index is 516. The molecule has 0 spiro atoms. The first-order valence-electron chi connectivity index (χ1n) is 6.32. The van der Waals surface area contributed by atoms with Crippen molar-refractivity contribution >= 4 is 39.5 Å². The molecule has 0 N–H and O–H groups in total. The van der Waals surface area contributed by atoms with Crippen LogP contribution in [0.15, 0.2) is 46.9 Å². The monoisotopic (exact) mass is 350 g/mol. The largest absolute Gasteiger partial charge is 0.152 e. The first-order valence-corrected chi connectivity index (χ1v) is 9.43. The average Bonchev–Trinajstić information content (AvgIpc) is 2.44. The van der Waals surface area contributed by atoms with Gasteiger partial charge in [0, 0.05) is 27.5 Å². The maximum Gasteiger partial charge on any atom is 0.0256 e. The fourth-order valence-corrected chi connectivity index (χ4v) is 5.04. The molecule has 4 bridgehead atoms. The van der Waals surface area contributed by atoms with Crippen LogP contribution in [-0.4, -0.2) is 0 Å². The second-order valence-corrected chi connectivity index (χ2v) is 7.46. The van der Waals surface area contributed by atoms with Crippen LogP contribution in [0.5, 0.6) is 0 Å². The van der Waals surface area contributed by atoms with Crippen LogP contribution in [0.2, 0.25) is 0 Å². The van der Waals surface area contributed by atoms with Crippen LogP contribution in [0, 0.1) is 0 Å². The Morgan fingerprint density at radius 2 is 1.16 bits per heavy atom. The molecule has 0 saturated carbocycles. The Kier molecular flexibility index (Phi) is 4.57. The molecule has 0 nitrogen and oxygen atoms in total. The van der Waals surface area contributed by atoms with Gasteiger partial charge in [-0.2, -0.15) is 23.5 Å². The van der Waals surface area contributed by atoms with Crippen LogP contribution >= 0.6 is 39.5 Å². The van der Waals surface area contributed by atoms with Crippen molar-refractivity contribution in [3.05, 3.63) is 69.2 Å². The number of benzene rings is 2. The lowest BCUT2D eigenvalue weighted by atomic mass is 10.2. The second-order valence-electron chi connectivity index (χ2n) is 4.69. The molecule has 2 aromatic rings. The molecule has 2 aliphatic rings. The molecular formula is C16H15BrS2. The fourth-order valence-electron chi connectivity index (χ4n) is 2.15. The summed E-state index contributed by atoms with van der Waals surface area (Å²) in [5, 5.41) is 0. The molecule has 98 valence electrons. The van der Waals surface area contributed by atoms with E-state index in [1.807, 2.05) is 23.5 Å². The SMILES string of the molecule is Brc1c2cccc1CSCc1ccc(cc1)CSC2. The van der Waals surface area contributed by atoms with Gasteiger partial charge >= 0.3 is 0 Å². The average molecular weight is 351 g/mol. The molecule has 3 heteroatoms. The van der Waals surface area contributed by atoms with Crippen molar-refractivity contribution in [3.63, 3.8) is 0 Å². The van der Waals surface area contributed by atoms with E-state index in [1.54, 1.807) is 0 Å². The summed E-state index contributed by atoms with van der Waals surface area (Å²) in [5.74, 6) is 4.32. The van der Waals surface area contributed by atoms with Crippen LogP contribution in [0.4, 0.5) is 0 Å². The van der Waals surface area contributed by atoms with Crippen LogP contribution in [0.25, 0.3) is 0 Å². The summed E-state index contributed by atoms with van der Waals surface area (Å²) in [6, 6.07) is 15.7. The Hall–Kier alpha value is -0.380. The van der Waals surface area contributed by atoms with Gasteiger partial charge in [0.05, 0.1) is 0 Å². The Morgan fingerprint density at radius 1 is 0.684 bits per heavy atom. The molecule has 0 amide bonds. The quantitative estimate of drug-likeness (QED) is 0.603. The highest BCUT2D eigenvalue weighted by Gasteiger charge is 2.07. The predicted octanol–water partition coefficient (Wildman–Crippen LogP) is 5.63. The van der Waals surface area contributed by atoms with E-state index < -0.39 is 0 Å². The van der Waals surface area contributed by atoms with Crippen molar-refractivity contribution in [1.82, 2.24) is 0 Å². The minimum absolute atomic E-state index is 1.07. The molecule has 0 saturated heterocycles. The lowest BCUT2D eigenvalue weighted by molar-refractivity contribution is 1.28. The van der Waals surface area contributed by atoms with E-state index in [9.17, 15) is 0 Å². The van der Waals surface area contributed by atoms with Gasteiger partial charge in [-0.25, -0.2) is 0 Å². The summed E-state index contributed by atoms with van der Waals surface area (Å²) in [7, 11) is 0. The van der Waals surface area contributed by atoms with Crippen LogP contribution in [0.1, 0.15) is 22.3 Å². The molecule has 0 unspecified atom stereocenters. The van der Waals surface area contributed by atoms with Crippen LogP contribution in [0.3, 0.4) is 0 Å². The zero-order chi connectivity index (χ0) is 13.1. The molecular weight excluding hydrogens is 336 g/mol. The molecule has 2 aliphatic heterocycles. The summed E-state index contributed by atoms with van der Waals surface area (Å²) in [5.41, 5.74) is 5.67. The van der Waals surface area contributed by atoms with Crippen molar-refractivity contribution in [1.29, 1.82) is 0 Å². The third-order valence-corrected chi connectivity index (χ3v) is 6.36. The molecule has 2 aromatic carbocycles. The van der Waals surface area contributed by atoms with E-state index >= 15 is 0 Å². The zero-order valence-electron chi connectivity index (χ0n) is 10.6. The molecule has 19 heavy (non-hydrogen) atoms. The fraction of sp³-hybridized carbons (Fsp3) is 0.250. The normalized spacial score (nSPS) is 15.4. The van der Waals surface area contributed by atoms with Gasteiger partial charge < -0.3 is 0 Å². The smallest absolute Gasteiger partial charge is 0.0256 e. The number of hydrogen-bond donors (Lipinski definition) is 0. The maximum atomic E-state index is 3.78. The molecule has 0 aliphatic carbocycles. The number of fused-ring (bicyclic) bond motifs is 6. The number of hydrogen-bond acceptors (Lipinski definition) is 2. The first-order chi connectivity index (χ1) is 9.33. The molecule has 4 rings (SSSR count). The highest BCUT2D eigenvalue weighted by molar-refractivity contribution is 9.10. The van der Waals surface area contributed by atoms with Crippen molar-refractivity contribution in [2.45, 2.75) is 23.0 Å². The van der Waals surface area contributed by atoms with E-state index in [4.69, 9.17) is 0 Å². The summed E-state index contributed by atoms with van der Waals surface area (Å²) in [4.78, 5) is 0. The van der Waals surface area contributed by atoms with Crippen molar-refractivity contribution < 1.29 is 0 Å². The first kappa shape index (κ1) is 13.6. The molecule has 2 heterocycles. The summed E-state index contributed by atoms with van der Waals surface area (Å²) in [6.07, 6.45) is 0. The van der Waals surface area contributed by atoms with Crippen molar-refractivity contribution in [3.8, 4) is 0 Å². The van der Waals surface area contributed by atoms with Gasteiger partial charge in [-0.15, -0.1) is 0 Å². The Labute approximate surface area is 131 Å². The lowest BCUT2D eigenvalue weighted by Gasteiger charge is -2.09. The summed E-state index contributed by atoms with van der Waals surface area (Å²) in [6.45, 7) is 0. The number of halogens is 1. The van der Waals surface area contributed by atoms with Gasteiger partial charge in [-0.05, 0) is 22.3 Å². The molecule has 0 aromatic heterocycles. The summed E-state index contributed by atoms with van der Waals surface area (Å²) < 4.78 is 1.30. The molecule has 0 fully saturated rings. The van der Waals surface area contributed by atoms with E-state index in [2.05, 4.69) is 58.4 Å². The highest BCUT2D eigenvalue weighted by Crippen LogP contribution is 2.31. The Morgan fingerprint density at radius 3 is 1.63 bits per heavy atom. The number of thioether (sulfide) groups is 2. The van der Waals surface area contributed by atoms with Gasteiger partial charge in [0.1, 0.15) is 0 Å². The standard InChI is InChI=1S/C16H15BrS2/c17-16-14-2-1-3-15(16)11-19-9-13-6-4-12(5-7-13)8-18-10-14/h1-7H,8-11H2. The maximum absolute atomic E-state index is 3.78. The van der Waals surface area contributed by atoms with Gasteiger partial charge in [0.2, 0.25) is 0 Å². The predicted molar refractivity (Wildman–Crippen MR) is 90.6 cm³/mol. The Balaban J connectivity index is 1.89. The van der Waals surface area contributed by atoms with E-state index in [0.29, 0.717) is 0 Å². The highest BCUT2D eigenvalue weighted by atomic mass is 79.9. The van der Waals surface area contributed by atoms with E-state index in [-0.39, 0.29) is 0 Å².